The molecule has 2 atom stereocenters. The Hall–Kier alpha value is -1.47. The van der Waals surface area contributed by atoms with Crippen LogP contribution in [0.3, 0.4) is 0 Å². The molecule has 19 heavy (non-hydrogen) atoms. The second-order valence-electron chi connectivity index (χ2n) is 3.94. The number of halogens is 1. The van der Waals surface area contributed by atoms with E-state index in [0.29, 0.717) is 0 Å². The van der Waals surface area contributed by atoms with Crippen molar-refractivity contribution in [1.29, 1.82) is 0 Å². The molecule has 104 valence electrons. The largest absolute Gasteiger partial charge is 0.351 e. The van der Waals surface area contributed by atoms with Gasteiger partial charge in [-0.3, -0.25) is 19.1 Å². The van der Waals surface area contributed by atoms with Crippen molar-refractivity contribution in [2.24, 2.45) is 0 Å². The highest BCUT2D eigenvalue weighted by atomic mass is 35.5. The molecule has 0 bridgehead atoms. The number of nitro benzene ring substituents is 1. The average Bonchev–Trinajstić information content (AvgIpc) is 2.34. The second-order valence-corrected chi connectivity index (χ2v) is 6.15. The fraction of sp³-hybridized carbons (Fsp3) is 0.364. The molecular weight excluding hydrogens is 292 g/mol. The van der Waals surface area contributed by atoms with Crippen LogP contribution in [0.1, 0.15) is 17.3 Å². The molecule has 1 aromatic rings. The zero-order chi connectivity index (χ0) is 14.6. The highest BCUT2D eigenvalue weighted by Crippen LogP contribution is 2.22. The third-order valence-corrected chi connectivity index (χ3v) is 4.14. The lowest BCUT2D eigenvalue weighted by Gasteiger charge is -2.10. The van der Waals surface area contributed by atoms with E-state index in [-0.39, 0.29) is 28.1 Å². The van der Waals surface area contributed by atoms with E-state index < -0.39 is 21.6 Å². The van der Waals surface area contributed by atoms with Crippen LogP contribution >= 0.6 is 11.6 Å². The number of hydrogen-bond donors (Lipinski definition) is 1. The fourth-order valence-corrected chi connectivity index (χ4v) is 1.83. The van der Waals surface area contributed by atoms with Crippen LogP contribution in [-0.4, -0.2) is 33.1 Å². The monoisotopic (exact) mass is 304 g/mol. The van der Waals surface area contributed by atoms with Gasteiger partial charge in [-0.15, -0.1) is 0 Å². The summed E-state index contributed by atoms with van der Waals surface area (Å²) in [5.74, 6) is -0.447. The van der Waals surface area contributed by atoms with Gasteiger partial charge in [0.15, 0.2) is 0 Å². The van der Waals surface area contributed by atoms with Crippen LogP contribution in [0.4, 0.5) is 5.69 Å². The van der Waals surface area contributed by atoms with Crippen molar-refractivity contribution in [2.45, 2.75) is 12.2 Å². The second kappa shape index (κ2) is 6.63. The van der Waals surface area contributed by atoms with Gasteiger partial charge in [0.25, 0.3) is 11.6 Å². The molecule has 1 rings (SSSR count). The summed E-state index contributed by atoms with van der Waals surface area (Å²) in [4.78, 5) is 21.8. The number of non-ortho nitro benzene ring substituents is 1. The smallest absolute Gasteiger partial charge is 0.270 e. The fourth-order valence-electron chi connectivity index (χ4n) is 1.25. The summed E-state index contributed by atoms with van der Waals surface area (Å²) in [6.07, 6.45) is 1.55. The standard InChI is InChI=1S/C11H13ClN2O4S/c1-7(19(2)18)6-13-11(15)9-4-3-8(14(16)17)5-10(9)12/h3-5,7H,6H2,1-2H3,(H,13,15). The zero-order valence-corrected chi connectivity index (χ0v) is 12.0. The van der Waals surface area contributed by atoms with Crippen LogP contribution < -0.4 is 5.32 Å². The maximum atomic E-state index is 11.8. The number of nitro groups is 1. The van der Waals surface area contributed by atoms with E-state index >= 15 is 0 Å². The minimum atomic E-state index is -1.04. The summed E-state index contributed by atoms with van der Waals surface area (Å²) in [6, 6.07) is 3.63. The van der Waals surface area contributed by atoms with Crippen molar-refractivity contribution < 1.29 is 13.9 Å². The first kappa shape index (κ1) is 15.6. The number of benzene rings is 1. The lowest BCUT2D eigenvalue weighted by Crippen LogP contribution is -2.32. The van der Waals surface area contributed by atoms with Crippen molar-refractivity contribution >= 4 is 34.0 Å². The van der Waals surface area contributed by atoms with Crippen LogP contribution in [0.2, 0.25) is 5.02 Å². The number of nitrogens with zero attached hydrogens (tertiary/aromatic N) is 1. The zero-order valence-electron chi connectivity index (χ0n) is 10.4. The number of carbonyl (C=O) groups excluding carboxylic acids is 1. The minimum absolute atomic E-state index is 0.0111. The quantitative estimate of drug-likeness (QED) is 0.663. The van der Waals surface area contributed by atoms with E-state index in [4.69, 9.17) is 11.6 Å². The van der Waals surface area contributed by atoms with Crippen molar-refractivity contribution in [3.8, 4) is 0 Å². The molecule has 0 aliphatic rings. The van der Waals surface area contributed by atoms with Crippen LogP contribution in [0.25, 0.3) is 0 Å². The molecule has 0 radical (unpaired) electrons. The molecule has 0 saturated carbocycles. The first-order valence-electron chi connectivity index (χ1n) is 5.37. The van der Waals surface area contributed by atoms with Crippen LogP contribution in [0.5, 0.6) is 0 Å². The van der Waals surface area contributed by atoms with E-state index in [2.05, 4.69) is 5.32 Å². The summed E-state index contributed by atoms with van der Waals surface area (Å²) in [5, 5.41) is 13.0. The molecule has 0 fully saturated rings. The summed E-state index contributed by atoms with van der Waals surface area (Å²) >= 11 is 5.82. The number of nitrogens with one attached hydrogen (secondary N) is 1. The van der Waals surface area contributed by atoms with E-state index in [0.717, 1.165) is 6.07 Å². The number of carbonyl (C=O) groups is 1. The molecule has 0 aromatic heterocycles. The molecule has 0 heterocycles. The van der Waals surface area contributed by atoms with Crippen LogP contribution in [0, 0.1) is 10.1 Å². The van der Waals surface area contributed by atoms with Gasteiger partial charge in [0.1, 0.15) is 0 Å². The highest BCUT2D eigenvalue weighted by molar-refractivity contribution is 7.84. The predicted octanol–water partition coefficient (Wildman–Crippen LogP) is 1.75. The van der Waals surface area contributed by atoms with Gasteiger partial charge in [0, 0.05) is 41.0 Å². The van der Waals surface area contributed by atoms with Gasteiger partial charge in [0.2, 0.25) is 0 Å². The number of amides is 1. The van der Waals surface area contributed by atoms with E-state index in [1.54, 1.807) is 13.2 Å². The summed E-state index contributed by atoms with van der Waals surface area (Å²) in [7, 11) is -1.04. The lowest BCUT2D eigenvalue weighted by atomic mass is 10.2. The van der Waals surface area contributed by atoms with E-state index in [1.165, 1.54) is 12.1 Å². The van der Waals surface area contributed by atoms with Gasteiger partial charge in [-0.2, -0.15) is 0 Å². The predicted molar refractivity (Wildman–Crippen MR) is 74.0 cm³/mol. The molecule has 8 heteroatoms. The van der Waals surface area contributed by atoms with Crippen LogP contribution in [-0.2, 0) is 10.8 Å². The molecule has 2 unspecified atom stereocenters. The van der Waals surface area contributed by atoms with Crippen molar-refractivity contribution in [3.05, 3.63) is 38.9 Å². The van der Waals surface area contributed by atoms with Gasteiger partial charge < -0.3 is 5.32 Å². The Morgan fingerprint density at radius 2 is 2.21 bits per heavy atom. The molecule has 0 saturated heterocycles. The van der Waals surface area contributed by atoms with Crippen molar-refractivity contribution in [3.63, 3.8) is 0 Å². The highest BCUT2D eigenvalue weighted by Gasteiger charge is 2.16. The Balaban J connectivity index is 2.78. The average molecular weight is 305 g/mol. The topological polar surface area (TPSA) is 89.3 Å². The van der Waals surface area contributed by atoms with Gasteiger partial charge in [-0.1, -0.05) is 11.6 Å². The number of hydrogen-bond acceptors (Lipinski definition) is 4. The third-order valence-electron chi connectivity index (χ3n) is 2.52. The summed E-state index contributed by atoms with van der Waals surface area (Å²) in [6.45, 7) is 1.99. The van der Waals surface area contributed by atoms with Gasteiger partial charge >= 0.3 is 0 Å². The number of rotatable bonds is 5. The molecule has 0 aliphatic heterocycles. The Morgan fingerprint density at radius 3 is 2.68 bits per heavy atom. The summed E-state index contributed by atoms with van der Waals surface area (Å²) in [5.41, 5.74) is -0.0223. The third kappa shape index (κ3) is 4.29. The van der Waals surface area contributed by atoms with Gasteiger partial charge in [0.05, 0.1) is 15.5 Å². The molecule has 1 N–H and O–H groups in total. The van der Waals surface area contributed by atoms with Crippen LogP contribution in [0.15, 0.2) is 18.2 Å². The Kier molecular flexibility index (Phi) is 5.44. The minimum Gasteiger partial charge on any atom is -0.351 e. The summed E-state index contributed by atoms with van der Waals surface area (Å²) < 4.78 is 11.1. The van der Waals surface area contributed by atoms with E-state index in [9.17, 15) is 19.1 Å². The Labute approximate surface area is 117 Å². The SMILES string of the molecule is CC(CNC(=O)c1ccc([N+](=O)[O-])cc1Cl)S(C)=O. The van der Waals surface area contributed by atoms with Gasteiger partial charge in [-0.05, 0) is 13.0 Å². The Morgan fingerprint density at radius 1 is 1.58 bits per heavy atom. The molecule has 0 spiro atoms. The molecule has 1 aromatic carbocycles. The molecular formula is C11H13ClN2O4S. The van der Waals surface area contributed by atoms with Crippen molar-refractivity contribution in [1.82, 2.24) is 5.32 Å². The Bertz CT molecular complexity index is 535. The first-order chi connectivity index (χ1) is 8.82. The molecule has 0 aliphatic carbocycles. The lowest BCUT2D eigenvalue weighted by molar-refractivity contribution is -0.384. The molecule has 1 amide bonds. The maximum absolute atomic E-state index is 11.8. The normalized spacial score (nSPS) is 13.6. The van der Waals surface area contributed by atoms with E-state index in [1.807, 2.05) is 0 Å². The maximum Gasteiger partial charge on any atom is 0.270 e. The molecule has 6 nitrogen and oxygen atoms in total. The van der Waals surface area contributed by atoms with Gasteiger partial charge in [-0.25, -0.2) is 0 Å². The first-order valence-corrected chi connectivity index (χ1v) is 7.37. The van der Waals surface area contributed by atoms with Crippen molar-refractivity contribution in [2.75, 3.05) is 12.8 Å².